The molecular formula is C29H44N2O4. The van der Waals surface area contributed by atoms with Gasteiger partial charge >= 0.3 is 6.09 Å². The third-order valence-corrected chi connectivity index (χ3v) is 6.33. The van der Waals surface area contributed by atoms with Gasteiger partial charge in [-0.15, -0.1) is 0 Å². The number of phenolic OH excluding ortho intramolecular Hbond substituents is 1. The van der Waals surface area contributed by atoms with Gasteiger partial charge in [-0.1, -0.05) is 74.4 Å². The van der Waals surface area contributed by atoms with Crippen LogP contribution < -0.4 is 10.5 Å². The first-order valence-corrected chi connectivity index (χ1v) is 12.3. The zero-order valence-corrected chi connectivity index (χ0v) is 22.9. The van der Waals surface area contributed by atoms with Gasteiger partial charge in [-0.2, -0.15) is 0 Å². The summed E-state index contributed by atoms with van der Waals surface area (Å²) in [5, 5.41) is 21.0. The highest BCUT2D eigenvalue weighted by Crippen LogP contribution is 2.41. The summed E-state index contributed by atoms with van der Waals surface area (Å²) in [5.41, 5.74) is 8.34. The SMILES string of the molecule is CC(C)(C)c1cc(OCCN(C(=O)O)C(Cc2ccc(N)cc2)C(C)(C)C)cc(C(C)(C)C)c1O. The molecule has 2 rings (SSSR count). The van der Waals surface area contributed by atoms with Crippen LogP contribution in [0.1, 0.15) is 79.0 Å². The molecule has 0 aromatic heterocycles. The van der Waals surface area contributed by atoms with Gasteiger partial charge in [0.1, 0.15) is 18.1 Å². The second-order valence-electron chi connectivity index (χ2n) is 12.5. The Bertz CT molecular complexity index is 974. The molecule has 0 aliphatic heterocycles. The number of hydrogen-bond acceptors (Lipinski definition) is 4. The number of hydrogen-bond donors (Lipinski definition) is 3. The number of carbonyl (C=O) groups is 1. The van der Waals surface area contributed by atoms with Crippen molar-refractivity contribution in [1.29, 1.82) is 0 Å². The van der Waals surface area contributed by atoms with Crippen molar-refractivity contribution in [2.75, 3.05) is 18.9 Å². The molecule has 194 valence electrons. The molecule has 0 aliphatic carbocycles. The van der Waals surface area contributed by atoms with Gasteiger partial charge in [0.05, 0.1) is 6.54 Å². The summed E-state index contributed by atoms with van der Waals surface area (Å²) in [6.45, 7) is 18.9. The molecule has 2 aromatic carbocycles. The number of nitrogen functional groups attached to an aromatic ring is 1. The minimum Gasteiger partial charge on any atom is -0.507 e. The van der Waals surface area contributed by atoms with E-state index in [0.29, 0.717) is 23.6 Å². The van der Waals surface area contributed by atoms with Crippen LogP contribution in [0.3, 0.4) is 0 Å². The Morgan fingerprint density at radius 3 is 1.83 bits per heavy atom. The minimum absolute atomic E-state index is 0.207. The number of rotatable bonds is 7. The zero-order chi connectivity index (χ0) is 26.8. The second-order valence-corrected chi connectivity index (χ2v) is 12.5. The maximum atomic E-state index is 12.3. The number of anilines is 1. The predicted molar refractivity (Wildman–Crippen MR) is 144 cm³/mol. The van der Waals surface area contributed by atoms with Crippen molar-refractivity contribution >= 4 is 11.8 Å². The van der Waals surface area contributed by atoms with Gasteiger partial charge < -0.3 is 25.6 Å². The van der Waals surface area contributed by atoms with Crippen LogP contribution >= 0.6 is 0 Å². The van der Waals surface area contributed by atoms with E-state index >= 15 is 0 Å². The molecule has 1 unspecified atom stereocenters. The Labute approximate surface area is 211 Å². The number of nitrogens with two attached hydrogens (primary N) is 1. The number of phenols is 1. The average molecular weight is 485 g/mol. The van der Waals surface area contributed by atoms with Crippen molar-refractivity contribution in [2.45, 2.75) is 85.6 Å². The van der Waals surface area contributed by atoms with E-state index in [0.717, 1.165) is 16.7 Å². The Hall–Kier alpha value is -2.89. The van der Waals surface area contributed by atoms with Crippen LogP contribution in [0.25, 0.3) is 0 Å². The Morgan fingerprint density at radius 2 is 1.43 bits per heavy atom. The summed E-state index contributed by atoms with van der Waals surface area (Å²) in [4.78, 5) is 13.8. The first-order valence-electron chi connectivity index (χ1n) is 12.3. The monoisotopic (exact) mass is 484 g/mol. The van der Waals surface area contributed by atoms with Crippen LogP contribution in [0.5, 0.6) is 11.5 Å². The highest BCUT2D eigenvalue weighted by atomic mass is 16.5. The summed E-state index contributed by atoms with van der Waals surface area (Å²) in [6.07, 6.45) is -0.391. The molecule has 6 heteroatoms. The van der Waals surface area contributed by atoms with Crippen LogP contribution in [0.2, 0.25) is 0 Å². The summed E-state index contributed by atoms with van der Waals surface area (Å²) < 4.78 is 6.11. The fourth-order valence-electron chi connectivity index (χ4n) is 4.24. The number of amides is 1. The van der Waals surface area contributed by atoms with Crippen molar-refractivity contribution in [3.05, 3.63) is 53.1 Å². The molecule has 0 saturated heterocycles. The fraction of sp³-hybridized carbons (Fsp3) is 0.552. The normalized spacial score (nSPS) is 13.4. The van der Waals surface area contributed by atoms with Crippen molar-refractivity contribution < 1.29 is 19.7 Å². The highest BCUT2D eigenvalue weighted by Gasteiger charge is 2.34. The molecule has 2 aromatic rings. The quantitative estimate of drug-likeness (QED) is 0.386. The van der Waals surface area contributed by atoms with E-state index in [2.05, 4.69) is 62.3 Å². The van der Waals surface area contributed by atoms with E-state index in [9.17, 15) is 15.0 Å². The molecule has 0 bridgehead atoms. The fourth-order valence-corrected chi connectivity index (χ4v) is 4.24. The molecular weight excluding hydrogens is 440 g/mol. The van der Waals surface area contributed by atoms with Gasteiger partial charge in [-0.05, 0) is 52.5 Å². The van der Waals surface area contributed by atoms with Gasteiger partial charge in [0.15, 0.2) is 0 Å². The standard InChI is InChI=1S/C29H44N2O4/c1-27(2,3)22-17-21(18-23(25(22)32)28(4,5)6)35-15-14-31(26(33)34)24(29(7,8)9)16-19-10-12-20(30)13-11-19/h10-13,17-18,24,32H,14-16,30H2,1-9H3,(H,33,34). The van der Waals surface area contributed by atoms with E-state index < -0.39 is 6.09 Å². The van der Waals surface area contributed by atoms with Crippen molar-refractivity contribution in [2.24, 2.45) is 5.41 Å². The minimum atomic E-state index is -0.972. The molecule has 0 aliphatic rings. The molecule has 1 atom stereocenters. The van der Waals surface area contributed by atoms with Gasteiger partial charge in [-0.25, -0.2) is 4.79 Å². The van der Waals surface area contributed by atoms with Crippen LogP contribution in [0, 0.1) is 5.41 Å². The number of ether oxygens (including phenoxy) is 1. The largest absolute Gasteiger partial charge is 0.507 e. The van der Waals surface area contributed by atoms with Gasteiger partial charge in [0.25, 0.3) is 0 Å². The first-order chi connectivity index (χ1) is 15.9. The van der Waals surface area contributed by atoms with E-state index in [1.165, 1.54) is 4.90 Å². The molecule has 6 nitrogen and oxygen atoms in total. The average Bonchev–Trinajstić information content (AvgIpc) is 2.69. The van der Waals surface area contributed by atoms with Gasteiger partial charge in [0, 0.05) is 22.9 Å². The summed E-state index contributed by atoms with van der Waals surface area (Å²) >= 11 is 0. The molecule has 0 radical (unpaired) electrons. The number of nitrogens with zero attached hydrogens (tertiary/aromatic N) is 1. The number of carboxylic acid groups (broad SMARTS) is 1. The predicted octanol–water partition coefficient (Wildman–Crippen LogP) is 6.59. The number of aromatic hydroxyl groups is 1. The smallest absolute Gasteiger partial charge is 0.407 e. The lowest BCUT2D eigenvalue weighted by Gasteiger charge is -2.39. The molecule has 0 heterocycles. The van der Waals surface area contributed by atoms with Crippen LogP contribution in [0.15, 0.2) is 36.4 Å². The van der Waals surface area contributed by atoms with Crippen molar-refractivity contribution in [1.82, 2.24) is 4.90 Å². The highest BCUT2D eigenvalue weighted by molar-refractivity contribution is 5.65. The molecule has 1 amide bonds. The molecule has 4 N–H and O–H groups in total. The lowest BCUT2D eigenvalue weighted by atomic mass is 9.79. The molecule has 35 heavy (non-hydrogen) atoms. The van der Waals surface area contributed by atoms with Crippen LogP contribution in [-0.4, -0.2) is 40.4 Å². The van der Waals surface area contributed by atoms with E-state index in [1.807, 2.05) is 36.4 Å². The summed E-state index contributed by atoms with van der Waals surface area (Å²) in [6, 6.07) is 11.1. The van der Waals surface area contributed by atoms with Crippen molar-refractivity contribution in [3.63, 3.8) is 0 Å². The summed E-state index contributed by atoms with van der Waals surface area (Å²) in [5.74, 6) is 0.926. The lowest BCUT2D eigenvalue weighted by molar-refractivity contribution is 0.0724. The molecule has 0 spiro atoms. The third-order valence-electron chi connectivity index (χ3n) is 6.33. The molecule has 0 saturated carbocycles. The Kier molecular flexibility index (Phi) is 8.41. The summed E-state index contributed by atoms with van der Waals surface area (Å²) in [7, 11) is 0. The lowest BCUT2D eigenvalue weighted by Crippen LogP contribution is -2.49. The topological polar surface area (TPSA) is 96.0 Å². The maximum Gasteiger partial charge on any atom is 0.407 e. The third kappa shape index (κ3) is 7.55. The van der Waals surface area contributed by atoms with Gasteiger partial charge in [-0.3, -0.25) is 0 Å². The number of benzene rings is 2. The zero-order valence-electron chi connectivity index (χ0n) is 22.9. The Morgan fingerprint density at radius 1 is 0.943 bits per heavy atom. The maximum absolute atomic E-state index is 12.3. The van der Waals surface area contributed by atoms with Crippen molar-refractivity contribution in [3.8, 4) is 11.5 Å². The Balaban J connectivity index is 2.29. The van der Waals surface area contributed by atoms with Crippen LogP contribution in [0.4, 0.5) is 10.5 Å². The molecule has 0 fully saturated rings. The van der Waals surface area contributed by atoms with E-state index in [4.69, 9.17) is 10.5 Å². The van der Waals surface area contributed by atoms with E-state index in [1.54, 1.807) is 0 Å². The second kappa shape index (κ2) is 10.4. The van der Waals surface area contributed by atoms with Gasteiger partial charge in [0.2, 0.25) is 0 Å². The first kappa shape index (κ1) is 28.3. The van der Waals surface area contributed by atoms with Crippen LogP contribution in [-0.2, 0) is 17.3 Å². The van der Waals surface area contributed by atoms with E-state index in [-0.39, 0.29) is 35.4 Å².